The number of pyridine rings is 1. The number of morpholine rings is 1. The van der Waals surface area contributed by atoms with Crippen LogP contribution in [0.1, 0.15) is 28.5 Å². The minimum atomic E-state index is -0.202. The zero-order valence-electron chi connectivity index (χ0n) is 15.6. The fourth-order valence-corrected chi connectivity index (χ4v) is 3.13. The monoisotopic (exact) mass is 389 g/mol. The molecule has 1 saturated heterocycles. The second-order valence-electron chi connectivity index (χ2n) is 6.28. The highest BCUT2D eigenvalue weighted by Crippen LogP contribution is 2.27. The first-order valence-corrected chi connectivity index (χ1v) is 9.46. The lowest BCUT2D eigenvalue weighted by Gasteiger charge is -2.28. The van der Waals surface area contributed by atoms with Gasteiger partial charge in [0.25, 0.3) is 5.91 Å². The van der Waals surface area contributed by atoms with Crippen LogP contribution in [0.5, 0.6) is 5.75 Å². The maximum Gasteiger partial charge on any atom is 0.257 e. The minimum Gasteiger partial charge on any atom is -0.493 e. The molecule has 0 bridgehead atoms. The Kier molecular flexibility index (Phi) is 6.53. The van der Waals surface area contributed by atoms with Crippen LogP contribution in [0.4, 0.5) is 5.82 Å². The number of ether oxygens (including phenoxy) is 2. The first-order chi connectivity index (χ1) is 13.1. The number of nitrogens with one attached hydrogen (secondary N) is 1. The number of amides is 1. The van der Waals surface area contributed by atoms with Crippen LogP contribution in [0.2, 0.25) is 5.02 Å². The molecule has 2 heterocycles. The zero-order chi connectivity index (χ0) is 19.2. The summed E-state index contributed by atoms with van der Waals surface area (Å²) in [4.78, 5) is 19.6. The maximum atomic E-state index is 12.8. The van der Waals surface area contributed by atoms with Crippen LogP contribution in [0.15, 0.2) is 30.3 Å². The molecule has 1 aliphatic rings. The van der Waals surface area contributed by atoms with Crippen LogP contribution in [-0.2, 0) is 11.3 Å². The van der Waals surface area contributed by atoms with Crippen molar-refractivity contribution in [2.75, 3.05) is 37.8 Å². The number of rotatable bonds is 6. The van der Waals surface area contributed by atoms with E-state index in [9.17, 15) is 4.79 Å². The molecule has 1 amide bonds. The highest BCUT2D eigenvalue weighted by Gasteiger charge is 2.21. The average Bonchev–Trinajstić information content (AvgIpc) is 2.68. The van der Waals surface area contributed by atoms with Gasteiger partial charge in [-0.2, -0.15) is 0 Å². The fraction of sp³-hybridized carbons (Fsp3) is 0.400. The lowest BCUT2D eigenvalue weighted by molar-refractivity contribution is 0.0945. The van der Waals surface area contributed by atoms with E-state index in [2.05, 4.69) is 15.2 Å². The first kappa shape index (κ1) is 19.5. The summed E-state index contributed by atoms with van der Waals surface area (Å²) in [6.07, 6.45) is 0. The number of anilines is 1. The molecule has 2 aromatic rings. The highest BCUT2D eigenvalue weighted by molar-refractivity contribution is 6.30. The summed E-state index contributed by atoms with van der Waals surface area (Å²) in [5.74, 6) is 1.17. The normalized spacial score (nSPS) is 14.1. The Morgan fingerprint density at radius 3 is 2.67 bits per heavy atom. The number of carbonyl (C=O) groups excluding carboxylic acids is 1. The van der Waals surface area contributed by atoms with Crippen LogP contribution < -0.4 is 15.0 Å². The third-order valence-corrected chi connectivity index (χ3v) is 4.63. The Morgan fingerprint density at radius 1 is 1.30 bits per heavy atom. The Bertz CT molecular complexity index is 790. The van der Waals surface area contributed by atoms with Gasteiger partial charge in [0, 0.05) is 30.7 Å². The van der Waals surface area contributed by atoms with Crippen molar-refractivity contribution in [1.29, 1.82) is 0 Å². The first-order valence-electron chi connectivity index (χ1n) is 9.08. The molecule has 0 saturated carbocycles. The SMILES string of the molecule is CCOc1cc(N2CCOCC2)nc(C)c1C(=O)NCc1ccc(Cl)cc1. The Morgan fingerprint density at radius 2 is 2.00 bits per heavy atom. The molecule has 6 nitrogen and oxygen atoms in total. The number of nitrogens with zero attached hydrogens (tertiary/aromatic N) is 2. The van der Waals surface area contributed by atoms with Crippen LogP contribution in [-0.4, -0.2) is 43.8 Å². The average molecular weight is 390 g/mol. The summed E-state index contributed by atoms with van der Waals surface area (Å²) in [5, 5.41) is 3.61. The van der Waals surface area contributed by atoms with Gasteiger partial charge in [0.15, 0.2) is 0 Å². The Hall–Kier alpha value is -2.31. The summed E-state index contributed by atoms with van der Waals surface area (Å²) < 4.78 is 11.2. The van der Waals surface area contributed by atoms with Gasteiger partial charge in [-0.3, -0.25) is 4.79 Å². The van der Waals surface area contributed by atoms with E-state index in [0.29, 0.717) is 48.4 Å². The van der Waals surface area contributed by atoms with E-state index in [4.69, 9.17) is 21.1 Å². The summed E-state index contributed by atoms with van der Waals surface area (Å²) >= 11 is 5.90. The van der Waals surface area contributed by atoms with Crippen molar-refractivity contribution >= 4 is 23.3 Å². The number of aromatic nitrogens is 1. The Labute approximate surface area is 164 Å². The van der Waals surface area contributed by atoms with Crippen LogP contribution in [0, 0.1) is 6.92 Å². The second-order valence-corrected chi connectivity index (χ2v) is 6.72. The molecule has 0 radical (unpaired) electrons. The van der Waals surface area contributed by atoms with E-state index >= 15 is 0 Å². The van der Waals surface area contributed by atoms with E-state index in [1.54, 1.807) is 12.1 Å². The van der Waals surface area contributed by atoms with Gasteiger partial charge in [-0.25, -0.2) is 4.98 Å². The third-order valence-electron chi connectivity index (χ3n) is 4.38. The molecule has 1 aromatic carbocycles. The van der Waals surface area contributed by atoms with Crippen molar-refractivity contribution in [2.45, 2.75) is 20.4 Å². The van der Waals surface area contributed by atoms with Crippen LogP contribution in [0.25, 0.3) is 0 Å². The zero-order valence-corrected chi connectivity index (χ0v) is 16.4. The van der Waals surface area contributed by atoms with E-state index in [1.165, 1.54) is 0 Å². The van der Waals surface area contributed by atoms with Crippen molar-refractivity contribution in [1.82, 2.24) is 10.3 Å². The molecule has 1 N–H and O–H groups in total. The molecular weight excluding hydrogens is 366 g/mol. The smallest absolute Gasteiger partial charge is 0.257 e. The molecule has 3 rings (SSSR count). The standard InChI is InChI=1S/C20H24ClN3O3/c1-3-27-17-12-18(24-8-10-26-11-9-24)23-14(2)19(17)20(25)22-13-15-4-6-16(21)7-5-15/h4-7,12H,3,8-11,13H2,1-2H3,(H,22,25). The fourth-order valence-electron chi connectivity index (χ4n) is 3.00. The number of benzene rings is 1. The van der Waals surface area contributed by atoms with Gasteiger partial charge in [-0.1, -0.05) is 23.7 Å². The molecule has 0 atom stereocenters. The largest absolute Gasteiger partial charge is 0.493 e. The molecular formula is C20H24ClN3O3. The van der Waals surface area contributed by atoms with Gasteiger partial charge < -0.3 is 19.7 Å². The molecule has 0 unspecified atom stereocenters. The van der Waals surface area contributed by atoms with E-state index in [1.807, 2.05) is 32.0 Å². The molecule has 144 valence electrons. The molecule has 27 heavy (non-hydrogen) atoms. The van der Waals surface area contributed by atoms with E-state index in [0.717, 1.165) is 24.5 Å². The topological polar surface area (TPSA) is 63.7 Å². The highest BCUT2D eigenvalue weighted by atomic mass is 35.5. The van der Waals surface area contributed by atoms with Gasteiger partial charge in [0.1, 0.15) is 17.1 Å². The number of hydrogen-bond donors (Lipinski definition) is 1. The predicted octanol–water partition coefficient (Wildman–Crippen LogP) is 3.21. The molecule has 7 heteroatoms. The molecule has 0 spiro atoms. The van der Waals surface area contributed by atoms with Crippen molar-refractivity contribution in [2.24, 2.45) is 0 Å². The van der Waals surface area contributed by atoms with Crippen LogP contribution >= 0.6 is 11.6 Å². The van der Waals surface area contributed by atoms with Crippen molar-refractivity contribution in [3.63, 3.8) is 0 Å². The molecule has 1 fully saturated rings. The number of halogens is 1. The summed E-state index contributed by atoms with van der Waals surface area (Å²) in [6, 6.07) is 9.23. The van der Waals surface area contributed by atoms with E-state index in [-0.39, 0.29) is 5.91 Å². The maximum absolute atomic E-state index is 12.8. The van der Waals surface area contributed by atoms with Crippen LogP contribution in [0.3, 0.4) is 0 Å². The minimum absolute atomic E-state index is 0.202. The Balaban J connectivity index is 1.79. The van der Waals surface area contributed by atoms with Gasteiger partial charge >= 0.3 is 0 Å². The van der Waals surface area contributed by atoms with Gasteiger partial charge in [0.2, 0.25) is 0 Å². The number of hydrogen-bond acceptors (Lipinski definition) is 5. The lowest BCUT2D eigenvalue weighted by atomic mass is 10.1. The quantitative estimate of drug-likeness (QED) is 0.821. The van der Waals surface area contributed by atoms with Gasteiger partial charge in [0.05, 0.1) is 25.5 Å². The molecule has 1 aromatic heterocycles. The summed E-state index contributed by atoms with van der Waals surface area (Å²) in [7, 11) is 0. The molecule has 1 aliphatic heterocycles. The van der Waals surface area contributed by atoms with Gasteiger partial charge in [-0.05, 0) is 31.5 Å². The lowest BCUT2D eigenvalue weighted by Crippen LogP contribution is -2.37. The van der Waals surface area contributed by atoms with Crippen molar-refractivity contribution < 1.29 is 14.3 Å². The van der Waals surface area contributed by atoms with Crippen molar-refractivity contribution in [3.8, 4) is 5.75 Å². The molecule has 0 aliphatic carbocycles. The van der Waals surface area contributed by atoms with Crippen molar-refractivity contribution in [3.05, 3.63) is 52.2 Å². The summed E-state index contributed by atoms with van der Waals surface area (Å²) in [5.41, 5.74) is 2.10. The predicted molar refractivity (Wildman–Crippen MR) is 106 cm³/mol. The van der Waals surface area contributed by atoms with E-state index < -0.39 is 0 Å². The summed E-state index contributed by atoms with van der Waals surface area (Å²) in [6.45, 7) is 7.53. The number of aryl methyl sites for hydroxylation is 1. The third kappa shape index (κ3) is 4.90. The number of carbonyl (C=O) groups is 1. The second kappa shape index (κ2) is 9.06. The van der Waals surface area contributed by atoms with Gasteiger partial charge in [-0.15, -0.1) is 0 Å².